The van der Waals surface area contributed by atoms with E-state index in [1.807, 2.05) is 68.0 Å². The van der Waals surface area contributed by atoms with E-state index in [2.05, 4.69) is 12.0 Å². The van der Waals surface area contributed by atoms with Crippen molar-refractivity contribution in [2.75, 3.05) is 7.05 Å². The number of benzene rings is 1. The second kappa shape index (κ2) is 7.60. The van der Waals surface area contributed by atoms with Crippen LogP contribution in [0, 0.1) is 13.8 Å². The number of rotatable bonds is 6. The first kappa shape index (κ1) is 18.0. The lowest BCUT2D eigenvalue weighted by molar-refractivity contribution is 0.0734. The van der Waals surface area contributed by atoms with Crippen LogP contribution in [0.3, 0.4) is 0 Å². The zero-order chi connectivity index (χ0) is 18.7. The zero-order valence-corrected chi connectivity index (χ0v) is 15.8. The van der Waals surface area contributed by atoms with Crippen molar-refractivity contribution in [3.63, 3.8) is 0 Å². The fourth-order valence-corrected chi connectivity index (χ4v) is 3.15. The van der Waals surface area contributed by atoms with Gasteiger partial charge in [-0.1, -0.05) is 18.2 Å². The molecule has 26 heavy (non-hydrogen) atoms. The van der Waals surface area contributed by atoms with Crippen molar-refractivity contribution in [2.45, 2.75) is 39.7 Å². The monoisotopic (exact) mass is 351 g/mol. The van der Waals surface area contributed by atoms with E-state index in [0.717, 1.165) is 35.7 Å². The average molecular weight is 351 g/mol. The molecule has 0 saturated carbocycles. The molecule has 2 heterocycles. The lowest BCUT2D eigenvalue weighted by atomic mass is 10.1. The summed E-state index contributed by atoms with van der Waals surface area (Å²) in [4.78, 5) is 14.9. The van der Waals surface area contributed by atoms with Gasteiger partial charge in [0.15, 0.2) is 0 Å². The van der Waals surface area contributed by atoms with Crippen molar-refractivity contribution in [3.05, 3.63) is 71.4 Å². The van der Waals surface area contributed by atoms with Crippen LogP contribution in [0.1, 0.15) is 40.9 Å². The molecule has 0 bridgehead atoms. The molecule has 0 radical (unpaired) electrons. The molecule has 1 atom stereocenters. The molecule has 1 aromatic carbocycles. The predicted octanol–water partition coefficient (Wildman–Crippen LogP) is 4.18. The molecule has 0 saturated heterocycles. The molecule has 3 rings (SSSR count). The number of carbonyl (C=O) groups excluding carboxylic acids is 1. The number of hydrogen-bond donors (Lipinski definition) is 0. The molecule has 0 spiro atoms. The topological polar surface area (TPSA) is 51.3 Å². The highest BCUT2D eigenvalue weighted by Gasteiger charge is 2.25. The molecule has 136 valence electrons. The molecule has 5 heteroatoms. The first-order chi connectivity index (χ1) is 12.5. The number of nitrogens with zero attached hydrogens (tertiary/aromatic N) is 3. The van der Waals surface area contributed by atoms with Gasteiger partial charge in [-0.3, -0.25) is 4.79 Å². The third kappa shape index (κ3) is 3.57. The first-order valence-corrected chi connectivity index (χ1v) is 8.90. The number of furan rings is 1. The van der Waals surface area contributed by atoms with Gasteiger partial charge >= 0.3 is 0 Å². The van der Waals surface area contributed by atoms with Crippen LogP contribution < -0.4 is 0 Å². The second-order valence-electron chi connectivity index (χ2n) is 6.68. The third-order valence-corrected chi connectivity index (χ3v) is 4.88. The van der Waals surface area contributed by atoms with Crippen molar-refractivity contribution < 1.29 is 9.21 Å². The van der Waals surface area contributed by atoms with Gasteiger partial charge in [-0.2, -0.15) is 5.10 Å². The van der Waals surface area contributed by atoms with E-state index < -0.39 is 0 Å². The van der Waals surface area contributed by atoms with Gasteiger partial charge in [0.25, 0.3) is 5.91 Å². The summed E-state index contributed by atoms with van der Waals surface area (Å²) >= 11 is 0. The Balaban J connectivity index is 1.77. The smallest absolute Gasteiger partial charge is 0.257 e. The quantitative estimate of drug-likeness (QED) is 0.669. The molecule has 1 amide bonds. The van der Waals surface area contributed by atoms with Gasteiger partial charge in [0.2, 0.25) is 0 Å². The Morgan fingerprint density at radius 3 is 2.58 bits per heavy atom. The highest BCUT2D eigenvalue weighted by atomic mass is 16.3. The highest BCUT2D eigenvalue weighted by Crippen LogP contribution is 2.21. The van der Waals surface area contributed by atoms with Crippen LogP contribution in [0.5, 0.6) is 0 Å². The van der Waals surface area contributed by atoms with Crippen molar-refractivity contribution in [1.82, 2.24) is 14.7 Å². The molecule has 2 aromatic heterocycles. The summed E-state index contributed by atoms with van der Waals surface area (Å²) in [6.07, 6.45) is 3.34. The summed E-state index contributed by atoms with van der Waals surface area (Å²) in [7, 11) is 1.86. The number of para-hydroxylation sites is 1. The first-order valence-electron chi connectivity index (χ1n) is 8.90. The molecule has 5 nitrogen and oxygen atoms in total. The summed E-state index contributed by atoms with van der Waals surface area (Å²) in [6.45, 7) is 5.90. The van der Waals surface area contributed by atoms with Crippen molar-refractivity contribution >= 4 is 5.91 Å². The Morgan fingerprint density at radius 1 is 1.19 bits per heavy atom. The fourth-order valence-electron chi connectivity index (χ4n) is 3.15. The Bertz CT molecular complexity index is 866. The molecule has 0 fully saturated rings. The van der Waals surface area contributed by atoms with E-state index in [4.69, 9.17) is 4.42 Å². The van der Waals surface area contributed by atoms with Gasteiger partial charge in [-0.15, -0.1) is 0 Å². The molecular formula is C21H25N3O2. The summed E-state index contributed by atoms with van der Waals surface area (Å²) in [5.41, 5.74) is 3.26. The Labute approximate surface area is 154 Å². The van der Waals surface area contributed by atoms with Gasteiger partial charge in [0, 0.05) is 19.5 Å². The molecule has 3 aromatic rings. The lowest BCUT2D eigenvalue weighted by Gasteiger charge is -2.25. The molecule has 0 aliphatic rings. The molecule has 1 unspecified atom stereocenters. The van der Waals surface area contributed by atoms with Crippen LogP contribution in [0.25, 0.3) is 5.69 Å². The fraction of sp³-hybridized carbons (Fsp3) is 0.333. The van der Waals surface area contributed by atoms with Gasteiger partial charge in [0.1, 0.15) is 5.76 Å². The van der Waals surface area contributed by atoms with Gasteiger partial charge in [-0.05, 0) is 51.5 Å². The Hall–Kier alpha value is -2.82. The Morgan fingerprint density at radius 2 is 1.92 bits per heavy atom. The minimum atomic E-state index is 0.00845. The molecule has 0 aliphatic carbocycles. The third-order valence-electron chi connectivity index (χ3n) is 4.88. The number of aromatic nitrogens is 2. The van der Waals surface area contributed by atoms with Crippen LogP contribution in [-0.4, -0.2) is 33.7 Å². The average Bonchev–Trinajstić information content (AvgIpc) is 3.27. The van der Waals surface area contributed by atoms with Gasteiger partial charge in [0.05, 0.1) is 28.9 Å². The highest BCUT2D eigenvalue weighted by molar-refractivity contribution is 5.96. The van der Waals surface area contributed by atoms with Gasteiger partial charge in [-0.25, -0.2) is 4.68 Å². The maximum atomic E-state index is 13.1. The number of amides is 1. The van der Waals surface area contributed by atoms with Crippen molar-refractivity contribution in [3.8, 4) is 5.69 Å². The molecule has 0 N–H and O–H groups in total. The SMILES string of the molecule is Cc1nn(-c2ccccc2)c(C)c1C(=O)N(C)C(C)CCc1ccco1. The summed E-state index contributed by atoms with van der Waals surface area (Å²) in [6, 6.07) is 13.8. The minimum absolute atomic E-state index is 0.00845. The predicted molar refractivity (Wildman–Crippen MR) is 102 cm³/mol. The maximum Gasteiger partial charge on any atom is 0.257 e. The van der Waals surface area contributed by atoms with Crippen molar-refractivity contribution in [2.24, 2.45) is 0 Å². The standard InChI is InChI=1S/C21H25N3O2/c1-15(12-13-19-11-8-14-26-19)23(4)21(25)20-16(2)22-24(17(20)3)18-9-6-5-7-10-18/h5-11,14-15H,12-13H2,1-4H3. The van der Waals surface area contributed by atoms with E-state index in [1.54, 1.807) is 11.2 Å². The number of aryl methyl sites for hydroxylation is 2. The van der Waals surface area contributed by atoms with Crippen molar-refractivity contribution in [1.29, 1.82) is 0 Å². The summed E-state index contributed by atoms with van der Waals surface area (Å²) in [5.74, 6) is 0.955. The lowest BCUT2D eigenvalue weighted by Crippen LogP contribution is -2.36. The number of hydrogen-bond acceptors (Lipinski definition) is 3. The van der Waals surface area contributed by atoms with Crippen LogP contribution in [-0.2, 0) is 6.42 Å². The maximum absolute atomic E-state index is 13.1. The second-order valence-corrected chi connectivity index (χ2v) is 6.68. The van der Waals surface area contributed by atoms with E-state index >= 15 is 0 Å². The normalized spacial score (nSPS) is 12.2. The zero-order valence-electron chi connectivity index (χ0n) is 15.8. The van der Waals surface area contributed by atoms with Crippen LogP contribution in [0.4, 0.5) is 0 Å². The van der Waals surface area contributed by atoms with Crippen LogP contribution in [0.2, 0.25) is 0 Å². The largest absolute Gasteiger partial charge is 0.469 e. The number of carbonyl (C=O) groups is 1. The summed E-state index contributed by atoms with van der Waals surface area (Å²) < 4.78 is 7.22. The van der Waals surface area contributed by atoms with E-state index in [1.165, 1.54) is 0 Å². The summed E-state index contributed by atoms with van der Waals surface area (Å²) in [5, 5.41) is 4.58. The van der Waals surface area contributed by atoms with E-state index in [9.17, 15) is 4.79 Å². The minimum Gasteiger partial charge on any atom is -0.469 e. The molecule has 0 aliphatic heterocycles. The Kier molecular flexibility index (Phi) is 5.26. The van der Waals surface area contributed by atoms with E-state index in [-0.39, 0.29) is 11.9 Å². The van der Waals surface area contributed by atoms with Crippen LogP contribution in [0.15, 0.2) is 53.1 Å². The van der Waals surface area contributed by atoms with E-state index in [0.29, 0.717) is 5.56 Å². The molecular weight excluding hydrogens is 326 g/mol. The van der Waals surface area contributed by atoms with Gasteiger partial charge < -0.3 is 9.32 Å². The van der Waals surface area contributed by atoms with Crippen LogP contribution >= 0.6 is 0 Å².